The molecule has 0 saturated heterocycles. The summed E-state index contributed by atoms with van der Waals surface area (Å²) >= 11 is 2.22. The van der Waals surface area contributed by atoms with E-state index < -0.39 is 0 Å². The topological polar surface area (TPSA) is 41.1 Å². The maximum Gasteiger partial charge on any atom is 0.255 e. The van der Waals surface area contributed by atoms with E-state index in [1.54, 1.807) is 0 Å². The lowest BCUT2D eigenvalue weighted by Gasteiger charge is -2.11. The van der Waals surface area contributed by atoms with Crippen LogP contribution in [0.5, 0.6) is 0 Å². The first-order valence-corrected chi connectivity index (χ1v) is 8.10. The lowest BCUT2D eigenvalue weighted by atomic mass is 10.1. The highest BCUT2D eigenvalue weighted by Crippen LogP contribution is 2.20. The van der Waals surface area contributed by atoms with Gasteiger partial charge in [-0.2, -0.15) is 0 Å². The molecular weight excluding hydrogens is 375 g/mol. The molecule has 4 heteroatoms. The smallest absolute Gasteiger partial charge is 0.255 e. The first kappa shape index (κ1) is 15.8. The Morgan fingerprint density at radius 1 is 1.19 bits per heavy atom. The number of para-hydroxylation sites is 1. The minimum Gasteiger partial charge on any atom is -0.385 e. The van der Waals surface area contributed by atoms with Crippen molar-refractivity contribution in [1.82, 2.24) is 0 Å². The van der Waals surface area contributed by atoms with Gasteiger partial charge in [0.15, 0.2) is 0 Å². The molecule has 0 fully saturated rings. The molecule has 2 aromatic carbocycles. The fourth-order valence-corrected chi connectivity index (χ4v) is 2.57. The molecule has 2 rings (SSSR count). The summed E-state index contributed by atoms with van der Waals surface area (Å²) in [6, 6.07) is 13.6. The quantitative estimate of drug-likeness (QED) is 0.724. The van der Waals surface area contributed by atoms with Crippen molar-refractivity contribution >= 4 is 39.9 Å². The fourth-order valence-electron chi connectivity index (χ4n) is 2.05. The average Bonchev–Trinajstić information content (AvgIpc) is 2.47. The largest absolute Gasteiger partial charge is 0.385 e. The van der Waals surface area contributed by atoms with Gasteiger partial charge in [0.25, 0.3) is 5.91 Å². The van der Waals surface area contributed by atoms with Gasteiger partial charge in [0.1, 0.15) is 0 Å². The number of nitrogens with one attached hydrogen (secondary N) is 2. The predicted molar refractivity (Wildman–Crippen MR) is 97.1 cm³/mol. The van der Waals surface area contributed by atoms with E-state index in [1.807, 2.05) is 49.4 Å². The number of carbonyl (C=O) groups is 1. The molecule has 3 nitrogen and oxygen atoms in total. The normalized spacial score (nSPS) is 10.2. The fraction of sp³-hybridized carbons (Fsp3) is 0.235. The van der Waals surface area contributed by atoms with Crippen LogP contribution in [0.15, 0.2) is 42.5 Å². The Kier molecular flexibility index (Phi) is 5.61. The van der Waals surface area contributed by atoms with Crippen molar-refractivity contribution in [2.75, 3.05) is 17.2 Å². The molecule has 0 heterocycles. The molecule has 0 atom stereocenters. The van der Waals surface area contributed by atoms with Gasteiger partial charge in [0.05, 0.1) is 5.69 Å². The van der Waals surface area contributed by atoms with E-state index in [9.17, 15) is 4.79 Å². The first-order valence-electron chi connectivity index (χ1n) is 7.02. The molecule has 0 unspecified atom stereocenters. The van der Waals surface area contributed by atoms with Crippen molar-refractivity contribution in [3.05, 3.63) is 57.2 Å². The van der Waals surface area contributed by atoms with E-state index in [4.69, 9.17) is 0 Å². The van der Waals surface area contributed by atoms with Crippen molar-refractivity contribution in [2.45, 2.75) is 20.3 Å². The Labute approximate surface area is 139 Å². The van der Waals surface area contributed by atoms with E-state index in [0.29, 0.717) is 5.56 Å². The number of benzene rings is 2. The second kappa shape index (κ2) is 7.45. The van der Waals surface area contributed by atoms with Crippen molar-refractivity contribution in [3.63, 3.8) is 0 Å². The monoisotopic (exact) mass is 394 g/mol. The SMILES string of the molecule is CCCNc1ccc(C(=O)Nc2ccccc2I)c(C)c1. The summed E-state index contributed by atoms with van der Waals surface area (Å²) in [5.74, 6) is -0.0707. The number of halogens is 1. The molecule has 0 aliphatic carbocycles. The zero-order chi connectivity index (χ0) is 15.2. The molecule has 2 N–H and O–H groups in total. The Balaban J connectivity index is 2.14. The van der Waals surface area contributed by atoms with Crippen LogP contribution in [0.4, 0.5) is 11.4 Å². The van der Waals surface area contributed by atoms with Crippen LogP contribution in [0.2, 0.25) is 0 Å². The van der Waals surface area contributed by atoms with Gasteiger partial charge in [-0.05, 0) is 71.8 Å². The molecule has 21 heavy (non-hydrogen) atoms. The van der Waals surface area contributed by atoms with E-state index in [0.717, 1.165) is 33.5 Å². The minimum atomic E-state index is -0.0707. The molecule has 0 radical (unpaired) electrons. The van der Waals surface area contributed by atoms with Gasteiger partial charge < -0.3 is 10.6 Å². The van der Waals surface area contributed by atoms with Gasteiger partial charge in [0, 0.05) is 21.4 Å². The van der Waals surface area contributed by atoms with Crippen LogP contribution >= 0.6 is 22.6 Å². The summed E-state index contributed by atoms with van der Waals surface area (Å²) in [6.07, 6.45) is 1.08. The maximum atomic E-state index is 12.4. The van der Waals surface area contributed by atoms with E-state index in [1.165, 1.54) is 0 Å². The van der Waals surface area contributed by atoms with Gasteiger partial charge in [-0.1, -0.05) is 19.1 Å². The Morgan fingerprint density at radius 2 is 1.95 bits per heavy atom. The molecule has 0 saturated carbocycles. The molecular formula is C17H19IN2O. The minimum absolute atomic E-state index is 0.0707. The van der Waals surface area contributed by atoms with E-state index in [2.05, 4.69) is 40.1 Å². The van der Waals surface area contributed by atoms with Gasteiger partial charge >= 0.3 is 0 Å². The zero-order valence-electron chi connectivity index (χ0n) is 12.2. The number of carbonyl (C=O) groups excluding carboxylic acids is 1. The second-order valence-electron chi connectivity index (χ2n) is 4.89. The molecule has 0 bridgehead atoms. The molecule has 0 aliphatic rings. The molecule has 0 aromatic heterocycles. The number of hydrogen-bond acceptors (Lipinski definition) is 2. The van der Waals surface area contributed by atoms with Crippen LogP contribution in [-0.2, 0) is 0 Å². The third-order valence-corrected chi connectivity index (χ3v) is 4.11. The summed E-state index contributed by atoms with van der Waals surface area (Å²) in [7, 11) is 0. The van der Waals surface area contributed by atoms with Gasteiger partial charge in [-0.15, -0.1) is 0 Å². The van der Waals surface area contributed by atoms with Crippen LogP contribution in [-0.4, -0.2) is 12.5 Å². The first-order chi connectivity index (χ1) is 10.1. The standard InChI is InChI=1S/C17H19IN2O/c1-3-10-19-13-8-9-14(12(2)11-13)17(21)20-16-7-5-4-6-15(16)18/h4-9,11,19H,3,10H2,1-2H3,(H,20,21). The Hall–Kier alpha value is -1.56. The van der Waals surface area contributed by atoms with Crippen LogP contribution in [0.25, 0.3) is 0 Å². The van der Waals surface area contributed by atoms with Crippen molar-refractivity contribution in [1.29, 1.82) is 0 Å². The van der Waals surface area contributed by atoms with Crippen LogP contribution in [0.3, 0.4) is 0 Å². The van der Waals surface area contributed by atoms with Crippen LogP contribution < -0.4 is 10.6 Å². The Bertz CT molecular complexity index is 640. The van der Waals surface area contributed by atoms with Crippen molar-refractivity contribution in [3.8, 4) is 0 Å². The van der Waals surface area contributed by atoms with Crippen LogP contribution in [0, 0.1) is 10.5 Å². The molecule has 110 valence electrons. The molecule has 0 spiro atoms. The molecule has 2 aromatic rings. The molecule has 1 amide bonds. The van der Waals surface area contributed by atoms with E-state index in [-0.39, 0.29) is 5.91 Å². The van der Waals surface area contributed by atoms with Gasteiger partial charge in [-0.3, -0.25) is 4.79 Å². The predicted octanol–water partition coefficient (Wildman–Crippen LogP) is 4.67. The van der Waals surface area contributed by atoms with Gasteiger partial charge in [-0.25, -0.2) is 0 Å². The third kappa shape index (κ3) is 4.20. The summed E-state index contributed by atoms with van der Waals surface area (Å²) in [5.41, 5.74) is 3.58. The molecule has 0 aliphatic heterocycles. The average molecular weight is 394 g/mol. The van der Waals surface area contributed by atoms with Crippen LogP contribution in [0.1, 0.15) is 29.3 Å². The number of aryl methyl sites for hydroxylation is 1. The van der Waals surface area contributed by atoms with Crippen molar-refractivity contribution < 1.29 is 4.79 Å². The highest BCUT2D eigenvalue weighted by molar-refractivity contribution is 14.1. The summed E-state index contributed by atoms with van der Waals surface area (Å²) in [6.45, 7) is 5.03. The number of amides is 1. The lowest BCUT2D eigenvalue weighted by Crippen LogP contribution is -2.14. The van der Waals surface area contributed by atoms with E-state index >= 15 is 0 Å². The lowest BCUT2D eigenvalue weighted by molar-refractivity contribution is 0.102. The van der Waals surface area contributed by atoms with Gasteiger partial charge in [0.2, 0.25) is 0 Å². The third-order valence-electron chi connectivity index (χ3n) is 3.17. The Morgan fingerprint density at radius 3 is 2.62 bits per heavy atom. The number of anilines is 2. The summed E-state index contributed by atoms with van der Waals surface area (Å²) in [4.78, 5) is 12.4. The number of rotatable bonds is 5. The van der Waals surface area contributed by atoms with Crippen molar-refractivity contribution in [2.24, 2.45) is 0 Å². The second-order valence-corrected chi connectivity index (χ2v) is 6.05. The maximum absolute atomic E-state index is 12.4. The highest BCUT2D eigenvalue weighted by Gasteiger charge is 2.11. The summed E-state index contributed by atoms with van der Waals surface area (Å²) in [5, 5.41) is 6.29. The highest BCUT2D eigenvalue weighted by atomic mass is 127. The number of hydrogen-bond donors (Lipinski definition) is 2. The summed E-state index contributed by atoms with van der Waals surface area (Å²) < 4.78 is 1.03. The zero-order valence-corrected chi connectivity index (χ0v) is 14.4.